The molecule has 0 fully saturated rings. The summed E-state index contributed by atoms with van der Waals surface area (Å²) in [5, 5.41) is 4.47. The Morgan fingerprint density at radius 3 is 2.02 bits per heavy atom. The van der Waals surface area contributed by atoms with Crippen LogP contribution >= 0.6 is 0 Å². The van der Waals surface area contributed by atoms with E-state index in [-0.39, 0.29) is 0 Å². The lowest BCUT2D eigenvalue weighted by Crippen LogP contribution is -2.05. The summed E-state index contributed by atoms with van der Waals surface area (Å²) < 4.78 is 6.73. The van der Waals surface area contributed by atoms with Crippen molar-refractivity contribution in [1.82, 2.24) is 0 Å². The second-order valence-corrected chi connectivity index (χ2v) is 13.9. The van der Waals surface area contributed by atoms with Crippen molar-refractivity contribution in [2.75, 3.05) is 0 Å². The zero-order chi connectivity index (χ0) is 35.9. The van der Waals surface area contributed by atoms with Crippen LogP contribution in [0.15, 0.2) is 179 Å². The minimum absolute atomic E-state index is 0.470. The van der Waals surface area contributed by atoms with Gasteiger partial charge in [-0.3, -0.25) is 0 Å². The van der Waals surface area contributed by atoms with Crippen LogP contribution in [0.25, 0.3) is 66.7 Å². The fourth-order valence-corrected chi connectivity index (χ4v) is 7.70. The van der Waals surface area contributed by atoms with Crippen molar-refractivity contribution in [2.45, 2.75) is 26.2 Å². The summed E-state index contributed by atoms with van der Waals surface area (Å²) in [6.07, 6.45) is 5.60. The maximum atomic E-state index is 6.73. The number of nitrogens with zero attached hydrogens (tertiary/aromatic N) is 2. The first kappa shape index (κ1) is 32.3. The number of benzene rings is 7. The number of furan rings is 1. The molecule has 0 aliphatic heterocycles. The van der Waals surface area contributed by atoms with Crippen molar-refractivity contribution in [3.8, 4) is 22.3 Å². The molecule has 1 aliphatic carbocycles. The molecule has 53 heavy (non-hydrogen) atoms. The van der Waals surface area contributed by atoms with Gasteiger partial charge in [-0.2, -0.15) is 0 Å². The van der Waals surface area contributed by atoms with Crippen molar-refractivity contribution in [2.24, 2.45) is 9.98 Å². The van der Waals surface area contributed by atoms with Crippen molar-refractivity contribution in [3.05, 3.63) is 192 Å². The first-order valence-corrected chi connectivity index (χ1v) is 18.2. The fraction of sp³-hybridized carbons (Fsp3) is 0.0800. The molecule has 0 amide bonds. The maximum absolute atomic E-state index is 6.73. The third-order valence-corrected chi connectivity index (χ3v) is 10.4. The van der Waals surface area contributed by atoms with Gasteiger partial charge in [-0.05, 0) is 98.8 Å². The number of rotatable bonds is 6. The van der Waals surface area contributed by atoms with Crippen LogP contribution in [0, 0.1) is 0 Å². The Bertz CT molecular complexity index is 2770. The van der Waals surface area contributed by atoms with Crippen LogP contribution in [0.5, 0.6) is 0 Å². The minimum Gasteiger partial charge on any atom is -0.456 e. The predicted octanol–water partition coefficient (Wildman–Crippen LogP) is 13.5. The molecular formula is C50H38N2O. The van der Waals surface area contributed by atoms with E-state index < -0.39 is 0 Å². The molecule has 1 unspecified atom stereocenters. The summed E-state index contributed by atoms with van der Waals surface area (Å²) >= 11 is 0. The Morgan fingerprint density at radius 1 is 0.623 bits per heavy atom. The summed E-state index contributed by atoms with van der Waals surface area (Å²) in [6.45, 7) is 8.72. The summed E-state index contributed by atoms with van der Waals surface area (Å²) in [5.74, 6) is 1.04. The Kier molecular flexibility index (Phi) is 8.25. The minimum atomic E-state index is 0.470. The molecule has 0 N–H and O–H groups in total. The van der Waals surface area contributed by atoms with Gasteiger partial charge in [0.15, 0.2) is 5.84 Å². The number of allylic oxidation sites excluding steroid dienone is 1. The standard InChI is InChI=1S/C50H38N2O/c1-32-14-12-21-39-22-13-23-43(48(32)39)37-24-26-38(27-25-37)44-29-42(31-47-49(44)45-28-40-19-10-11-20-41(40)30-46(45)53-47)50(51-33(2)35-15-6-4-7-16-35)52-34(3)36-17-8-5-9-18-36/h4-13,15-32H,2,14H2,1,3H3/b51-50-,52-34+. The van der Waals surface area contributed by atoms with Crippen molar-refractivity contribution < 1.29 is 4.42 Å². The van der Waals surface area contributed by atoms with Gasteiger partial charge in [0.05, 0.1) is 5.70 Å². The van der Waals surface area contributed by atoms with E-state index in [9.17, 15) is 0 Å². The number of amidine groups is 1. The molecule has 0 saturated carbocycles. The Morgan fingerprint density at radius 2 is 1.28 bits per heavy atom. The van der Waals surface area contributed by atoms with Crippen LogP contribution < -0.4 is 0 Å². The van der Waals surface area contributed by atoms with Gasteiger partial charge >= 0.3 is 0 Å². The Hall–Kier alpha value is -6.58. The molecule has 1 aromatic heterocycles. The highest BCUT2D eigenvalue weighted by Crippen LogP contribution is 2.42. The molecule has 3 nitrogen and oxygen atoms in total. The van der Waals surface area contributed by atoms with E-state index in [1.54, 1.807) is 0 Å². The van der Waals surface area contributed by atoms with Gasteiger partial charge < -0.3 is 4.42 Å². The molecule has 0 bridgehead atoms. The molecule has 0 spiro atoms. The second kappa shape index (κ2) is 13.5. The number of fused-ring (bicyclic) bond motifs is 5. The lowest BCUT2D eigenvalue weighted by atomic mass is 9.82. The summed E-state index contributed by atoms with van der Waals surface area (Å²) in [6, 6.07) is 53.1. The van der Waals surface area contributed by atoms with E-state index >= 15 is 0 Å². The van der Waals surface area contributed by atoms with Gasteiger partial charge in [-0.15, -0.1) is 0 Å². The van der Waals surface area contributed by atoms with Gasteiger partial charge in [-0.25, -0.2) is 9.98 Å². The van der Waals surface area contributed by atoms with E-state index in [1.165, 1.54) is 27.6 Å². The molecule has 1 aliphatic rings. The SMILES string of the molecule is C=C(/N=C(\N=C(/C)c1ccccc1)c1cc(-c2ccc(-c3cccc4c3C(C)CC=C4)cc2)c2c(c1)oc1cc3ccccc3cc12)c1ccccc1. The quantitative estimate of drug-likeness (QED) is 0.127. The lowest BCUT2D eigenvalue weighted by molar-refractivity contribution is 0.669. The summed E-state index contributed by atoms with van der Waals surface area (Å²) in [4.78, 5) is 10.3. The molecule has 7 aromatic carbocycles. The Labute approximate surface area is 310 Å². The van der Waals surface area contributed by atoms with Crippen molar-refractivity contribution >= 4 is 56.0 Å². The molecule has 8 aromatic rings. The van der Waals surface area contributed by atoms with Gasteiger partial charge in [-0.1, -0.05) is 153 Å². The first-order chi connectivity index (χ1) is 26.0. The summed E-state index contributed by atoms with van der Waals surface area (Å²) in [5.41, 5.74) is 13.4. The van der Waals surface area contributed by atoms with Crippen LogP contribution in [0.4, 0.5) is 0 Å². The molecule has 1 heterocycles. The largest absolute Gasteiger partial charge is 0.456 e. The number of hydrogen-bond acceptors (Lipinski definition) is 2. The zero-order valence-electron chi connectivity index (χ0n) is 29.9. The van der Waals surface area contributed by atoms with E-state index in [2.05, 4.69) is 129 Å². The molecule has 1 atom stereocenters. The van der Waals surface area contributed by atoms with Crippen molar-refractivity contribution in [1.29, 1.82) is 0 Å². The van der Waals surface area contributed by atoms with E-state index in [1.807, 2.05) is 55.5 Å². The number of aliphatic imine (C=N–C) groups is 2. The third kappa shape index (κ3) is 6.11. The second-order valence-electron chi connectivity index (χ2n) is 13.9. The fourth-order valence-electron chi connectivity index (χ4n) is 7.70. The average Bonchev–Trinajstić information content (AvgIpc) is 3.57. The van der Waals surface area contributed by atoms with Gasteiger partial charge in [0.2, 0.25) is 0 Å². The lowest BCUT2D eigenvalue weighted by Gasteiger charge is -2.22. The van der Waals surface area contributed by atoms with Crippen LogP contribution in [0.2, 0.25) is 0 Å². The van der Waals surface area contributed by atoms with Crippen molar-refractivity contribution in [3.63, 3.8) is 0 Å². The third-order valence-electron chi connectivity index (χ3n) is 10.4. The molecule has 0 saturated heterocycles. The van der Waals surface area contributed by atoms with E-state index in [0.717, 1.165) is 67.3 Å². The molecule has 9 rings (SSSR count). The van der Waals surface area contributed by atoms with Crippen LogP contribution in [0.1, 0.15) is 54.0 Å². The van der Waals surface area contributed by atoms with Gasteiger partial charge in [0.25, 0.3) is 0 Å². The van der Waals surface area contributed by atoms with Gasteiger partial charge in [0.1, 0.15) is 11.2 Å². The van der Waals surface area contributed by atoms with Crippen LogP contribution in [-0.2, 0) is 0 Å². The highest BCUT2D eigenvalue weighted by atomic mass is 16.3. The zero-order valence-corrected chi connectivity index (χ0v) is 29.9. The topological polar surface area (TPSA) is 37.9 Å². The Balaban J connectivity index is 1.26. The normalized spacial score (nSPS) is 14.6. The first-order valence-electron chi connectivity index (χ1n) is 18.2. The summed E-state index contributed by atoms with van der Waals surface area (Å²) in [7, 11) is 0. The monoisotopic (exact) mass is 682 g/mol. The highest BCUT2D eigenvalue weighted by Gasteiger charge is 2.20. The van der Waals surface area contributed by atoms with Crippen LogP contribution in [0.3, 0.4) is 0 Å². The maximum Gasteiger partial charge on any atom is 0.160 e. The highest BCUT2D eigenvalue weighted by molar-refractivity contribution is 6.19. The molecule has 254 valence electrons. The average molecular weight is 683 g/mol. The smallest absolute Gasteiger partial charge is 0.160 e. The van der Waals surface area contributed by atoms with Gasteiger partial charge in [0, 0.05) is 22.0 Å². The van der Waals surface area contributed by atoms with Crippen LogP contribution in [-0.4, -0.2) is 11.5 Å². The van der Waals surface area contributed by atoms with E-state index in [4.69, 9.17) is 14.4 Å². The molecular weight excluding hydrogens is 645 g/mol. The predicted molar refractivity (Wildman–Crippen MR) is 225 cm³/mol. The molecule has 0 radical (unpaired) electrons. The number of hydrogen-bond donors (Lipinski definition) is 0. The van der Waals surface area contributed by atoms with E-state index in [0.29, 0.717) is 17.5 Å². The molecule has 3 heteroatoms.